The largest absolute Gasteiger partial charge is 0.493 e. The van der Waals surface area contributed by atoms with Gasteiger partial charge in [-0.25, -0.2) is 8.78 Å². The molecule has 1 unspecified atom stereocenters. The molecule has 1 aromatic carbocycles. The van der Waals surface area contributed by atoms with Crippen LogP contribution in [0.1, 0.15) is 26.2 Å². The lowest BCUT2D eigenvalue weighted by Gasteiger charge is -2.20. The lowest BCUT2D eigenvalue weighted by atomic mass is 9.97. The predicted octanol–water partition coefficient (Wildman–Crippen LogP) is 3.02. The average Bonchev–Trinajstić information content (AvgIpc) is 2.37. The van der Waals surface area contributed by atoms with Gasteiger partial charge in [-0.05, 0) is 33.2 Å². The van der Waals surface area contributed by atoms with Crippen LogP contribution in [0.3, 0.4) is 0 Å². The second-order valence-electron chi connectivity index (χ2n) is 4.60. The summed E-state index contributed by atoms with van der Waals surface area (Å²) < 4.78 is 31.0. The maximum absolute atomic E-state index is 12.9. The Balaban J connectivity index is 2.30. The maximum Gasteiger partial charge on any atom is 0.129 e. The summed E-state index contributed by atoms with van der Waals surface area (Å²) in [4.78, 5) is 0. The van der Waals surface area contributed by atoms with Crippen LogP contribution in [-0.2, 0) is 0 Å². The van der Waals surface area contributed by atoms with Crippen LogP contribution in [0.25, 0.3) is 0 Å². The first kappa shape index (κ1) is 15.4. The van der Waals surface area contributed by atoms with Gasteiger partial charge in [0.2, 0.25) is 0 Å². The van der Waals surface area contributed by atoms with Gasteiger partial charge < -0.3 is 10.1 Å². The van der Waals surface area contributed by atoms with Crippen molar-refractivity contribution in [3.8, 4) is 11.8 Å². The standard InChI is InChI=1S/C14H18F2N2O/c1-14(10-17,18-2)5-3-4-6-19-13-8-11(15)7-12(16)9-13/h7-9,18H,3-6H2,1-2H3. The van der Waals surface area contributed by atoms with Gasteiger partial charge in [0, 0.05) is 18.2 Å². The second-order valence-corrected chi connectivity index (χ2v) is 4.60. The van der Waals surface area contributed by atoms with E-state index in [0.717, 1.165) is 31.0 Å². The Bertz CT molecular complexity index is 439. The normalized spacial score (nSPS) is 13.6. The highest BCUT2D eigenvalue weighted by molar-refractivity contribution is 5.23. The molecule has 1 N–H and O–H groups in total. The molecule has 0 amide bonds. The van der Waals surface area contributed by atoms with Crippen molar-refractivity contribution >= 4 is 0 Å². The molecule has 0 bridgehead atoms. The average molecular weight is 268 g/mol. The molecular formula is C14H18F2N2O. The number of unbranched alkanes of at least 4 members (excludes halogenated alkanes) is 1. The number of rotatable bonds is 7. The second kappa shape index (κ2) is 7.05. The number of nitriles is 1. The van der Waals surface area contributed by atoms with Crippen molar-refractivity contribution in [2.45, 2.75) is 31.7 Å². The van der Waals surface area contributed by atoms with E-state index in [2.05, 4.69) is 11.4 Å². The van der Waals surface area contributed by atoms with Gasteiger partial charge in [0.1, 0.15) is 22.9 Å². The highest BCUT2D eigenvalue weighted by Crippen LogP contribution is 2.16. The first-order valence-corrected chi connectivity index (χ1v) is 6.18. The summed E-state index contributed by atoms with van der Waals surface area (Å²) in [6, 6.07) is 5.30. The van der Waals surface area contributed by atoms with Gasteiger partial charge in [-0.2, -0.15) is 5.26 Å². The third kappa shape index (κ3) is 5.23. The van der Waals surface area contributed by atoms with Gasteiger partial charge in [-0.1, -0.05) is 0 Å². The summed E-state index contributed by atoms with van der Waals surface area (Å²) in [6.45, 7) is 2.20. The van der Waals surface area contributed by atoms with E-state index >= 15 is 0 Å². The van der Waals surface area contributed by atoms with Gasteiger partial charge in [0.25, 0.3) is 0 Å². The number of hydrogen-bond donors (Lipinski definition) is 1. The molecular weight excluding hydrogens is 250 g/mol. The Labute approximate surface area is 112 Å². The number of nitrogens with one attached hydrogen (secondary N) is 1. The predicted molar refractivity (Wildman–Crippen MR) is 68.8 cm³/mol. The molecule has 3 nitrogen and oxygen atoms in total. The summed E-state index contributed by atoms with van der Waals surface area (Å²) in [5.41, 5.74) is -0.537. The summed E-state index contributed by atoms with van der Waals surface area (Å²) in [6.07, 6.45) is 2.21. The molecule has 0 fully saturated rings. The van der Waals surface area contributed by atoms with Gasteiger partial charge in [0.15, 0.2) is 0 Å². The number of benzene rings is 1. The minimum Gasteiger partial charge on any atom is -0.493 e. The Hall–Kier alpha value is -1.67. The van der Waals surface area contributed by atoms with E-state index in [9.17, 15) is 8.78 Å². The van der Waals surface area contributed by atoms with Crippen LogP contribution in [0.15, 0.2) is 18.2 Å². The Morgan fingerprint density at radius 1 is 1.26 bits per heavy atom. The summed E-state index contributed by atoms with van der Waals surface area (Å²) in [7, 11) is 1.75. The molecule has 0 saturated heterocycles. The van der Waals surface area contributed by atoms with E-state index < -0.39 is 17.2 Å². The van der Waals surface area contributed by atoms with Crippen molar-refractivity contribution < 1.29 is 13.5 Å². The minimum atomic E-state index is -0.651. The highest BCUT2D eigenvalue weighted by Gasteiger charge is 2.19. The van der Waals surface area contributed by atoms with Gasteiger partial charge >= 0.3 is 0 Å². The SMILES string of the molecule is CNC(C)(C#N)CCCCOc1cc(F)cc(F)c1. The van der Waals surface area contributed by atoms with E-state index in [1.165, 1.54) is 0 Å². The van der Waals surface area contributed by atoms with Crippen LogP contribution < -0.4 is 10.1 Å². The summed E-state index contributed by atoms with van der Waals surface area (Å²) >= 11 is 0. The minimum absolute atomic E-state index is 0.189. The molecule has 0 radical (unpaired) electrons. The molecule has 1 aromatic rings. The van der Waals surface area contributed by atoms with Crippen molar-refractivity contribution in [2.24, 2.45) is 0 Å². The van der Waals surface area contributed by atoms with Crippen LogP contribution in [0.5, 0.6) is 5.75 Å². The zero-order valence-corrected chi connectivity index (χ0v) is 11.2. The van der Waals surface area contributed by atoms with Crippen molar-refractivity contribution in [3.05, 3.63) is 29.8 Å². The Morgan fingerprint density at radius 3 is 2.42 bits per heavy atom. The molecule has 1 atom stereocenters. The molecule has 0 heterocycles. The van der Waals surface area contributed by atoms with E-state index in [1.807, 2.05) is 6.92 Å². The van der Waals surface area contributed by atoms with E-state index in [1.54, 1.807) is 7.05 Å². The fraction of sp³-hybridized carbons (Fsp3) is 0.500. The van der Waals surface area contributed by atoms with Crippen molar-refractivity contribution in [2.75, 3.05) is 13.7 Å². The molecule has 0 aliphatic rings. The van der Waals surface area contributed by atoms with Crippen LogP contribution >= 0.6 is 0 Å². The first-order valence-electron chi connectivity index (χ1n) is 6.18. The van der Waals surface area contributed by atoms with Crippen LogP contribution in [-0.4, -0.2) is 19.2 Å². The number of halogens is 2. The molecule has 0 aromatic heterocycles. The first-order chi connectivity index (χ1) is 8.99. The zero-order valence-electron chi connectivity index (χ0n) is 11.2. The number of nitrogens with zero attached hydrogens (tertiary/aromatic N) is 1. The number of hydrogen-bond acceptors (Lipinski definition) is 3. The molecule has 5 heteroatoms. The lowest BCUT2D eigenvalue weighted by Crippen LogP contribution is -2.37. The molecule has 0 spiro atoms. The zero-order chi connectivity index (χ0) is 14.3. The van der Waals surface area contributed by atoms with Crippen LogP contribution in [0.2, 0.25) is 0 Å². The Kier molecular flexibility index (Phi) is 5.71. The van der Waals surface area contributed by atoms with Crippen molar-refractivity contribution in [1.82, 2.24) is 5.32 Å². The molecule has 0 aliphatic carbocycles. The van der Waals surface area contributed by atoms with Crippen LogP contribution in [0, 0.1) is 23.0 Å². The molecule has 1 rings (SSSR count). The van der Waals surface area contributed by atoms with Gasteiger partial charge in [0.05, 0.1) is 12.7 Å². The molecule has 0 saturated carbocycles. The van der Waals surface area contributed by atoms with E-state index in [-0.39, 0.29) is 5.75 Å². The quantitative estimate of drug-likeness (QED) is 0.773. The molecule has 19 heavy (non-hydrogen) atoms. The summed E-state index contributed by atoms with van der Waals surface area (Å²) in [5, 5.41) is 11.9. The van der Waals surface area contributed by atoms with E-state index in [0.29, 0.717) is 13.0 Å². The third-order valence-electron chi connectivity index (χ3n) is 2.97. The molecule has 104 valence electrons. The fourth-order valence-electron chi connectivity index (χ4n) is 1.62. The smallest absolute Gasteiger partial charge is 0.129 e. The Morgan fingerprint density at radius 2 is 1.89 bits per heavy atom. The number of ether oxygens (including phenoxy) is 1. The topological polar surface area (TPSA) is 45.0 Å². The monoisotopic (exact) mass is 268 g/mol. The molecule has 0 aliphatic heterocycles. The highest BCUT2D eigenvalue weighted by atomic mass is 19.1. The fourth-order valence-corrected chi connectivity index (χ4v) is 1.62. The maximum atomic E-state index is 12.9. The van der Waals surface area contributed by atoms with Crippen molar-refractivity contribution in [3.63, 3.8) is 0 Å². The van der Waals surface area contributed by atoms with Gasteiger partial charge in [-0.15, -0.1) is 0 Å². The van der Waals surface area contributed by atoms with Crippen molar-refractivity contribution in [1.29, 1.82) is 5.26 Å². The van der Waals surface area contributed by atoms with Crippen LogP contribution in [0.4, 0.5) is 8.78 Å². The third-order valence-corrected chi connectivity index (χ3v) is 2.97. The lowest BCUT2D eigenvalue weighted by molar-refractivity contribution is 0.294. The van der Waals surface area contributed by atoms with E-state index in [4.69, 9.17) is 10.00 Å². The van der Waals surface area contributed by atoms with Gasteiger partial charge in [-0.3, -0.25) is 0 Å². The summed E-state index contributed by atoms with van der Waals surface area (Å²) in [5.74, 6) is -1.11.